The Morgan fingerprint density at radius 1 is 1.46 bits per heavy atom. The third-order valence-electron chi connectivity index (χ3n) is 1.45. The van der Waals surface area contributed by atoms with E-state index in [1.165, 1.54) is 0 Å². The monoisotopic (exact) mass is 198 g/mol. The van der Waals surface area contributed by atoms with Gasteiger partial charge in [0.15, 0.2) is 0 Å². The molecule has 0 radical (unpaired) electrons. The van der Waals surface area contributed by atoms with E-state index in [0.717, 1.165) is 0 Å². The topological polar surface area (TPSA) is 46.5 Å². The Labute approximate surface area is 78.3 Å². The molecule has 1 unspecified atom stereocenters. The molecule has 0 aliphatic rings. The Balaban J connectivity index is 2.59. The zero-order valence-electron chi connectivity index (χ0n) is 7.30. The lowest BCUT2D eigenvalue weighted by Gasteiger charge is -2.08. The fourth-order valence-electron chi connectivity index (χ4n) is 0.769. The zero-order chi connectivity index (χ0) is 9.68. The summed E-state index contributed by atoms with van der Waals surface area (Å²) in [6, 6.07) is 8.89. The molecule has 0 spiro atoms. The fraction of sp³-hybridized carbons (Fsp3) is 0.222. The number of carbonyl (C=O) groups is 1. The van der Waals surface area contributed by atoms with Crippen LogP contribution in [0.25, 0.3) is 0 Å². The van der Waals surface area contributed by atoms with Gasteiger partial charge in [0.25, 0.3) is 8.38 Å². The summed E-state index contributed by atoms with van der Waals surface area (Å²) in [6.07, 6.45) is 0.284. The van der Waals surface area contributed by atoms with Gasteiger partial charge in [0.2, 0.25) is 0 Å². The van der Waals surface area contributed by atoms with Crippen molar-refractivity contribution in [2.45, 2.75) is 13.3 Å². The largest absolute Gasteiger partial charge is 0.413 e. The van der Waals surface area contributed by atoms with Gasteiger partial charge in [-0.3, -0.25) is 4.79 Å². The van der Waals surface area contributed by atoms with Crippen molar-refractivity contribution in [3.63, 3.8) is 0 Å². The molecule has 1 atom stereocenters. The summed E-state index contributed by atoms with van der Waals surface area (Å²) in [5, 5.41) is 0.652. The number of carbonyl (C=O) groups excluding carboxylic acids is 1. The Kier molecular flexibility index (Phi) is 3.87. The van der Waals surface area contributed by atoms with Crippen molar-refractivity contribution in [3.8, 4) is 0 Å². The maximum atomic E-state index is 10.8. The Bertz CT molecular complexity index is 273. The maximum absolute atomic E-state index is 10.8. The van der Waals surface area contributed by atoms with Crippen molar-refractivity contribution in [2.24, 2.45) is 0 Å². The van der Waals surface area contributed by atoms with Crippen molar-refractivity contribution in [3.05, 3.63) is 30.3 Å². The normalized spacial score (nSPS) is 12.2. The van der Waals surface area contributed by atoms with Crippen LogP contribution in [0.3, 0.4) is 0 Å². The van der Waals surface area contributed by atoms with Gasteiger partial charge in [0, 0.05) is 11.7 Å². The molecular weight excluding hydrogens is 187 g/mol. The molecule has 4 heteroatoms. The van der Waals surface area contributed by atoms with Gasteiger partial charge >= 0.3 is 5.97 Å². The Morgan fingerprint density at radius 3 is 2.62 bits per heavy atom. The smallest absolute Gasteiger partial charge is 0.310 e. The maximum Gasteiger partial charge on any atom is 0.310 e. The van der Waals surface area contributed by atoms with Crippen LogP contribution in [0.1, 0.15) is 13.3 Å². The van der Waals surface area contributed by atoms with Crippen molar-refractivity contribution in [2.75, 3.05) is 0 Å². The highest BCUT2D eigenvalue weighted by atomic mass is 31.2. The predicted octanol–water partition coefficient (Wildman–Crippen LogP) is 1.57. The van der Waals surface area contributed by atoms with E-state index < -0.39 is 8.38 Å². The molecule has 1 N–H and O–H groups in total. The van der Waals surface area contributed by atoms with E-state index in [-0.39, 0.29) is 12.4 Å². The van der Waals surface area contributed by atoms with Gasteiger partial charge in [0.05, 0.1) is 0 Å². The fourth-order valence-corrected chi connectivity index (χ4v) is 1.62. The lowest BCUT2D eigenvalue weighted by Crippen LogP contribution is -2.06. The number of benzene rings is 1. The first-order chi connectivity index (χ1) is 6.24. The van der Waals surface area contributed by atoms with Crippen LogP contribution in [0.5, 0.6) is 0 Å². The van der Waals surface area contributed by atoms with E-state index in [1.54, 1.807) is 31.2 Å². The summed E-state index contributed by atoms with van der Waals surface area (Å²) in [5.41, 5.74) is 0. The highest BCUT2D eigenvalue weighted by Crippen LogP contribution is 2.30. The summed E-state index contributed by atoms with van der Waals surface area (Å²) in [7, 11) is -1.77. The van der Waals surface area contributed by atoms with Crippen molar-refractivity contribution in [1.82, 2.24) is 0 Å². The molecule has 0 fully saturated rings. The van der Waals surface area contributed by atoms with E-state index >= 15 is 0 Å². The summed E-state index contributed by atoms with van der Waals surface area (Å²) in [4.78, 5) is 20.3. The molecule has 0 aliphatic carbocycles. The molecule has 70 valence electrons. The average Bonchev–Trinajstić information content (AvgIpc) is 2.19. The van der Waals surface area contributed by atoms with Gasteiger partial charge in [-0.05, 0) is 12.1 Å². The molecule has 13 heavy (non-hydrogen) atoms. The highest BCUT2D eigenvalue weighted by molar-refractivity contribution is 7.55. The molecular formula is C9H11O3P. The van der Waals surface area contributed by atoms with Gasteiger partial charge in [-0.2, -0.15) is 0 Å². The second-order valence-corrected chi connectivity index (χ2v) is 3.67. The van der Waals surface area contributed by atoms with Crippen LogP contribution in [-0.4, -0.2) is 10.9 Å². The van der Waals surface area contributed by atoms with Crippen LogP contribution in [0, 0.1) is 0 Å². The van der Waals surface area contributed by atoms with E-state index in [2.05, 4.69) is 0 Å². The first-order valence-corrected chi connectivity index (χ1v) is 5.20. The molecule has 1 aromatic rings. The van der Waals surface area contributed by atoms with Gasteiger partial charge in [-0.15, -0.1) is 0 Å². The Hall–Kier alpha value is -0.920. The minimum atomic E-state index is -1.77. The average molecular weight is 198 g/mol. The highest BCUT2D eigenvalue weighted by Gasteiger charge is 2.12. The summed E-state index contributed by atoms with van der Waals surface area (Å²) in [6.45, 7) is 1.69. The molecule has 0 bridgehead atoms. The third-order valence-corrected chi connectivity index (χ3v) is 2.57. The van der Waals surface area contributed by atoms with Crippen LogP contribution in [-0.2, 0) is 9.32 Å². The van der Waals surface area contributed by atoms with Crippen molar-refractivity contribution >= 4 is 19.6 Å². The molecule has 0 aromatic heterocycles. The van der Waals surface area contributed by atoms with E-state index in [4.69, 9.17) is 4.52 Å². The number of hydrogen-bond acceptors (Lipinski definition) is 3. The molecule has 0 amide bonds. The summed E-state index contributed by atoms with van der Waals surface area (Å²) < 4.78 is 4.77. The van der Waals surface area contributed by atoms with Crippen LogP contribution in [0.2, 0.25) is 0 Å². The van der Waals surface area contributed by atoms with Crippen molar-refractivity contribution in [1.29, 1.82) is 0 Å². The first-order valence-electron chi connectivity index (χ1n) is 3.99. The molecule has 0 heterocycles. The van der Waals surface area contributed by atoms with E-state index in [0.29, 0.717) is 5.30 Å². The molecule has 0 saturated carbocycles. The van der Waals surface area contributed by atoms with Crippen LogP contribution >= 0.6 is 8.38 Å². The minimum absolute atomic E-state index is 0.284. The van der Waals surface area contributed by atoms with Crippen molar-refractivity contribution < 1.29 is 14.2 Å². The lowest BCUT2D eigenvalue weighted by molar-refractivity contribution is -0.133. The lowest BCUT2D eigenvalue weighted by atomic mass is 10.4. The number of hydrogen-bond donors (Lipinski definition) is 1. The zero-order valence-corrected chi connectivity index (χ0v) is 8.20. The summed E-state index contributed by atoms with van der Waals surface area (Å²) in [5.74, 6) is -0.377. The second-order valence-electron chi connectivity index (χ2n) is 2.43. The second kappa shape index (κ2) is 4.95. The van der Waals surface area contributed by atoms with Gasteiger partial charge in [-0.25, -0.2) is 0 Å². The van der Waals surface area contributed by atoms with Gasteiger partial charge in [0.1, 0.15) is 0 Å². The third kappa shape index (κ3) is 3.13. The van der Waals surface area contributed by atoms with Crippen LogP contribution < -0.4 is 5.30 Å². The molecule has 1 rings (SSSR count). The minimum Gasteiger partial charge on any atom is -0.413 e. The van der Waals surface area contributed by atoms with E-state index in [9.17, 15) is 9.69 Å². The molecule has 1 aromatic carbocycles. The van der Waals surface area contributed by atoms with E-state index in [1.807, 2.05) is 6.07 Å². The quantitative estimate of drug-likeness (QED) is 0.750. The standard InChI is InChI=1S/C9H11O3P/c1-2-9(10)12-13(11)8-6-4-3-5-7-8/h3-7,11H,2H2,1H3. The van der Waals surface area contributed by atoms with Gasteiger partial charge < -0.3 is 9.42 Å². The van der Waals surface area contributed by atoms with Gasteiger partial charge in [-0.1, -0.05) is 25.1 Å². The SMILES string of the molecule is CCC(=O)OP(O)c1ccccc1. The molecule has 0 saturated heterocycles. The molecule has 0 aliphatic heterocycles. The summed E-state index contributed by atoms with van der Waals surface area (Å²) >= 11 is 0. The number of rotatable bonds is 3. The molecule has 3 nitrogen and oxygen atoms in total. The predicted molar refractivity (Wildman–Crippen MR) is 51.6 cm³/mol. The van der Waals surface area contributed by atoms with Crippen LogP contribution in [0.15, 0.2) is 30.3 Å². The van der Waals surface area contributed by atoms with Crippen LogP contribution in [0.4, 0.5) is 0 Å². The Morgan fingerprint density at radius 2 is 2.08 bits per heavy atom. The first kappa shape index (κ1) is 10.2.